The van der Waals surface area contributed by atoms with Gasteiger partial charge in [0.15, 0.2) is 17.5 Å². The third kappa shape index (κ3) is 1.86. The average Bonchev–Trinajstić information content (AvgIpc) is 2.69. The molecule has 0 bridgehead atoms. The third-order valence-electron chi connectivity index (χ3n) is 2.60. The molecule has 1 aromatic heterocycles. The van der Waals surface area contributed by atoms with Gasteiger partial charge in [-0.3, -0.25) is 0 Å². The Morgan fingerprint density at radius 3 is 2.44 bits per heavy atom. The van der Waals surface area contributed by atoms with Crippen molar-refractivity contribution in [1.29, 1.82) is 0 Å². The Kier molecular flexibility index (Phi) is 3.08. The maximum absolute atomic E-state index is 13.6. The van der Waals surface area contributed by atoms with Crippen molar-refractivity contribution in [2.24, 2.45) is 5.73 Å². The SMILES string of the molecule is Cc1c(C(C)N)nnn1-c1ccc(F)c(F)c1F. The summed E-state index contributed by atoms with van der Waals surface area (Å²) in [5.41, 5.74) is 6.40. The Bertz CT molecular complexity index is 592. The van der Waals surface area contributed by atoms with Gasteiger partial charge in [0, 0.05) is 6.04 Å². The molecule has 2 rings (SSSR count). The summed E-state index contributed by atoms with van der Waals surface area (Å²) in [6.07, 6.45) is 0. The Labute approximate surface area is 101 Å². The second kappa shape index (κ2) is 4.41. The van der Waals surface area contributed by atoms with Crippen LogP contribution < -0.4 is 5.73 Å². The van der Waals surface area contributed by atoms with E-state index < -0.39 is 17.5 Å². The van der Waals surface area contributed by atoms with E-state index in [1.54, 1.807) is 13.8 Å². The third-order valence-corrected chi connectivity index (χ3v) is 2.60. The van der Waals surface area contributed by atoms with E-state index in [1.807, 2.05) is 0 Å². The minimum atomic E-state index is -1.54. The Morgan fingerprint density at radius 1 is 1.22 bits per heavy atom. The topological polar surface area (TPSA) is 56.7 Å². The van der Waals surface area contributed by atoms with Gasteiger partial charge in [0.2, 0.25) is 0 Å². The van der Waals surface area contributed by atoms with Crippen molar-refractivity contribution < 1.29 is 13.2 Å². The summed E-state index contributed by atoms with van der Waals surface area (Å²) in [6, 6.07) is 1.55. The Hall–Kier alpha value is -1.89. The van der Waals surface area contributed by atoms with Gasteiger partial charge in [0.05, 0.1) is 5.69 Å². The summed E-state index contributed by atoms with van der Waals surface area (Å²) in [5.74, 6) is -4.09. The molecule has 1 unspecified atom stereocenters. The predicted molar refractivity (Wildman–Crippen MR) is 58.6 cm³/mol. The van der Waals surface area contributed by atoms with Crippen LogP contribution in [0.2, 0.25) is 0 Å². The van der Waals surface area contributed by atoms with E-state index in [1.165, 1.54) is 0 Å². The number of rotatable bonds is 2. The molecule has 0 spiro atoms. The normalized spacial score (nSPS) is 12.8. The second-order valence-electron chi connectivity index (χ2n) is 3.96. The molecule has 0 aliphatic carbocycles. The summed E-state index contributed by atoms with van der Waals surface area (Å²) in [4.78, 5) is 0. The van der Waals surface area contributed by atoms with E-state index in [9.17, 15) is 13.2 Å². The van der Waals surface area contributed by atoms with E-state index in [-0.39, 0.29) is 11.7 Å². The van der Waals surface area contributed by atoms with Gasteiger partial charge >= 0.3 is 0 Å². The van der Waals surface area contributed by atoms with Crippen molar-refractivity contribution in [3.63, 3.8) is 0 Å². The average molecular weight is 256 g/mol. The molecule has 1 aromatic carbocycles. The van der Waals surface area contributed by atoms with Gasteiger partial charge in [-0.25, -0.2) is 17.9 Å². The molecule has 4 nitrogen and oxygen atoms in total. The highest BCUT2D eigenvalue weighted by Gasteiger charge is 2.19. The number of hydrogen-bond acceptors (Lipinski definition) is 3. The number of nitrogens with two attached hydrogens (primary N) is 1. The van der Waals surface area contributed by atoms with E-state index >= 15 is 0 Å². The van der Waals surface area contributed by atoms with Gasteiger partial charge in [0.25, 0.3) is 0 Å². The molecule has 2 aromatic rings. The fourth-order valence-corrected chi connectivity index (χ4v) is 1.67. The zero-order chi connectivity index (χ0) is 13.4. The van der Waals surface area contributed by atoms with Crippen molar-refractivity contribution in [3.8, 4) is 5.69 Å². The molecule has 1 heterocycles. The van der Waals surface area contributed by atoms with Gasteiger partial charge in [-0.15, -0.1) is 5.10 Å². The van der Waals surface area contributed by atoms with E-state index in [2.05, 4.69) is 10.3 Å². The lowest BCUT2D eigenvalue weighted by Gasteiger charge is -2.07. The quantitative estimate of drug-likeness (QED) is 0.836. The first kappa shape index (κ1) is 12.6. The standard InChI is InChI=1S/C11H11F3N4/c1-5(15)11-6(2)18(17-16-11)8-4-3-7(12)9(13)10(8)14/h3-5H,15H2,1-2H3. The summed E-state index contributed by atoms with van der Waals surface area (Å²) in [6.45, 7) is 3.32. The van der Waals surface area contributed by atoms with Crippen LogP contribution in [-0.4, -0.2) is 15.0 Å². The lowest BCUT2D eigenvalue weighted by molar-refractivity contribution is 0.442. The maximum atomic E-state index is 13.6. The Morgan fingerprint density at radius 2 is 1.89 bits per heavy atom. The first-order valence-electron chi connectivity index (χ1n) is 5.25. The highest BCUT2D eigenvalue weighted by Crippen LogP contribution is 2.21. The van der Waals surface area contributed by atoms with Crippen molar-refractivity contribution in [2.45, 2.75) is 19.9 Å². The van der Waals surface area contributed by atoms with Gasteiger partial charge in [-0.1, -0.05) is 5.21 Å². The number of benzene rings is 1. The molecule has 0 saturated heterocycles. The van der Waals surface area contributed by atoms with Crippen LogP contribution in [0, 0.1) is 24.4 Å². The maximum Gasteiger partial charge on any atom is 0.196 e. The monoisotopic (exact) mass is 256 g/mol. The van der Waals surface area contributed by atoms with Crippen molar-refractivity contribution in [1.82, 2.24) is 15.0 Å². The first-order chi connectivity index (χ1) is 8.43. The number of halogens is 3. The second-order valence-corrected chi connectivity index (χ2v) is 3.96. The van der Waals surface area contributed by atoms with Crippen LogP contribution in [0.1, 0.15) is 24.4 Å². The fourth-order valence-electron chi connectivity index (χ4n) is 1.67. The van der Waals surface area contributed by atoms with Crippen molar-refractivity contribution in [2.75, 3.05) is 0 Å². The van der Waals surface area contributed by atoms with Gasteiger partial charge in [-0.05, 0) is 26.0 Å². The first-order valence-corrected chi connectivity index (χ1v) is 5.25. The smallest absolute Gasteiger partial charge is 0.196 e. The molecule has 96 valence electrons. The highest BCUT2D eigenvalue weighted by atomic mass is 19.2. The van der Waals surface area contributed by atoms with Crippen molar-refractivity contribution >= 4 is 0 Å². The molecule has 18 heavy (non-hydrogen) atoms. The van der Waals surface area contributed by atoms with Gasteiger partial charge in [0.1, 0.15) is 11.4 Å². The minimum absolute atomic E-state index is 0.203. The van der Waals surface area contributed by atoms with Crippen LogP contribution >= 0.6 is 0 Å². The summed E-state index contributed by atoms with van der Waals surface area (Å²) < 4.78 is 40.7. The molecular formula is C11H11F3N4. The van der Waals surface area contributed by atoms with E-state index in [4.69, 9.17) is 5.73 Å². The molecule has 2 N–H and O–H groups in total. The zero-order valence-electron chi connectivity index (χ0n) is 9.78. The van der Waals surface area contributed by atoms with Gasteiger partial charge in [-0.2, -0.15) is 0 Å². The molecule has 0 saturated carbocycles. The van der Waals surface area contributed by atoms with Crippen LogP contribution in [0.5, 0.6) is 0 Å². The van der Waals surface area contributed by atoms with Crippen molar-refractivity contribution in [3.05, 3.63) is 41.0 Å². The van der Waals surface area contributed by atoms with E-state index in [0.29, 0.717) is 11.4 Å². The molecule has 0 aliphatic heterocycles. The lowest BCUT2D eigenvalue weighted by atomic mass is 10.2. The lowest BCUT2D eigenvalue weighted by Crippen LogP contribution is -2.09. The molecule has 0 radical (unpaired) electrons. The number of nitrogens with zero attached hydrogens (tertiary/aromatic N) is 3. The molecular weight excluding hydrogens is 245 g/mol. The fraction of sp³-hybridized carbons (Fsp3) is 0.273. The summed E-state index contributed by atoms with van der Waals surface area (Å²) >= 11 is 0. The van der Waals surface area contributed by atoms with Crippen LogP contribution in [0.4, 0.5) is 13.2 Å². The largest absolute Gasteiger partial charge is 0.323 e. The van der Waals surface area contributed by atoms with Crippen LogP contribution in [0.3, 0.4) is 0 Å². The molecule has 1 atom stereocenters. The molecule has 7 heteroatoms. The molecule has 0 aliphatic rings. The summed E-state index contributed by atoms with van der Waals surface area (Å²) in [7, 11) is 0. The summed E-state index contributed by atoms with van der Waals surface area (Å²) in [5, 5.41) is 7.49. The molecule has 0 fully saturated rings. The van der Waals surface area contributed by atoms with Crippen LogP contribution in [0.15, 0.2) is 12.1 Å². The Balaban J connectivity index is 2.60. The minimum Gasteiger partial charge on any atom is -0.323 e. The molecule has 0 amide bonds. The number of hydrogen-bond donors (Lipinski definition) is 1. The van der Waals surface area contributed by atoms with Crippen LogP contribution in [0.25, 0.3) is 5.69 Å². The zero-order valence-corrected chi connectivity index (χ0v) is 9.78. The van der Waals surface area contributed by atoms with Gasteiger partial charge < -0.3 is 5.73 Å². The van der Waals surface area contributed by atoms with E-state index in [0.717, 1.165) is 16.8 Å². The highest BCUT2D eigenvalue weighted by molar-refractivity contribution is 5.36. The predicted octanol–water partition coefficient (Wildman–Crippen LogP) is 2.01. The van der Waals surface area contributed by atoms with Crippen LogP contribution in [-0.2, 0) is 0 Å². The number of aromatic nitrogens is 3.